The number of benzene rings is 1. The Hall–Kier alpha value is -2.88. The van der Waals surface area contributed by atoms with E-state index in [1.165, 1.54) is 6.07 Å². The third-order valence-corrected chi connectivity index (χ3v) is 4.57. The van der Waals surface area contributed by atoms with Crippen LogP contribution in [0.3, 0.4) is 0 Å². The molecule has 7 nitrogen and oxygen atoms in total. The van der Waals surface area contributed by atoms with Gasteiger partial charge >= 0.3 is 0 Å². The molecule has 1 aromatic carbocycles. The van der Waals surface area contributed by atoms with Crippen molar-refractivity contribution >= 4 is 11.4 Å². The highest BCUT2D eigenvalue weighted by atomic mass is 16.6. The predicted octanol–water partition coefficient (Wildman–Crippen LogP) is 2.66. The van der Waals surface area contributed by atoms with Gasteiger partial charge in [-0.15, -0.1) is 0 Å². The fourth-order valence-corrected chi connectivity index (χ4v) is 3.29. The van der Waals surface area contributed by atoms with Crippen LogP contribution in [0, 0.1) is 27.4 Å². The van der Waals surface area contributed by atoms with E-state index in [1.807, 2.05) is 30.1 Å². The minimum atomic E-state index is -0.511. The van der Waals surface area contributed by atoms with E-state index >= 15 is 0 Å². The summed E-state index contributed by atoms with van der Waals surface area (Å²) in [6.45, 7) is 1.77. The average Bonchev–Trinajstić information content (AvgIpc) is 2.99. The monoisotopic (exact) mass is 325 g/mol. The summed E-state index contributed by atoms with van der Waals surface area (Å²) in [6, 6.07) is 6.72. The third-order valence-electron chi connectivity index (χ3n) is 4.57. The van der Waals surface area contributed by atoms with E-state index in [9.17, 15) is 10.1 Å². The first-order chi connectivity index (χ1) is 11.6. The van der Waals surface area contributed by atoms with Gasteiger partial charge < -0.3 is 9.47 Å². The summed E-state index contributed by atoms with van der Waals surface area (Å²) in [7, 11) is 2.00. The van der Waals surface area contributed by atoms with Gasteiger partial charge in [-0.25, -0.2) is 4.98 Å². The van der Waals surface area contributed by atoms with Gasteiger partial charge in [0.2, 0.25) is 0 Å². The molecule has 0 amide bonds. The molecule has 2 aromatic rings. The molecular formula is C17H19N5O2. The zero-order valence-corrected chi connectivity index (χ0v) is 13.6. The first-order valence-electron chi connectivity index (χ1n) is 7.98. The van der Waals surface area contributed by atoms with Gasteiger partial charge in [-0.3, -0.25) is 10.1 Å². The molecule has 1 aliphatic heterocycles. The Kier molecular flexibility index (Phi) is 4.47. The summed E-state index contributed by atoms with van der Waals surface area (Å²) in [6.07, 6.45) is 6.88. The number of aromatic nitrogens is 2. The first kappa shape index (κ1) is 16.0. The fraction of sp³-hybridized carbons (Fsp3) is 0.412. The van der Waals surface area contributed by atoms with Gasteiger partial charge in [0.15, 0.2) is 0 Å². The van der Waals surface area contributed by atoms with Gasteiger partial charge in [0.05, 0.1) is 4.92 Å². The molecule has 124 valence electrons. The van der Waals surface area contributed by atoms with Crippen molar-refractivity contribution in [2.24, 2.45) is 13.0 Å². The number of nitro benzene ring substituents is 1. The second-order valence-corrected chi connectivity index (χ2v) is 6.18. The second kappa shape index (κ2) is 6.71. The molecule has 2 heterocycles. The van der Waals surface area contributed by atoms with E-state index < -0.39 is 4.92 Å². The minimum absolute atomic E-state index is 0.115. The normalized spacial score (nSPS) is 17.5. The Balaban J connectivity index is 1.76. The number of nitrogens with zero attached hydrogens (tertiary/aromatic N) is 5. The number of hydrogen-bond acceptors (Lipinski definition) is 5. The van der Waals surface area contributed by atoms with E-state index in [1.54, 1.807) is 12.1 Å². The number of hydrogen-bond donors (Lipinski definition) is 0. The van der Waals surface area contributed by atoms with E-state index in [2.05, 4.69) is 9.88 Å². The topological polar surface area (TPSA) is 88.0 Å². The van der Waals surface area contributed by atoms with Gasteiger partial charge in [-0.2, -0.15) is 5.26 Å². The van der Waals surface area contributed by atoms with Gasteiger partial charge in [-0.05, 0) is 30.9 Å². The summed E-state index contributed by atoms with van der Waals surface area (Å²) < 4.78 is 2.04. The van der Waals surface area contributed by atoms with Crippen molar-refractivity contribution in [2.45, 2.75) is 19.3 Å². The maximum Gasteiger partial charge on any atom is 0.287 e. The average molecular weight is 325 g/mol. The molecule has 24 heavy (non-hydrogen) atoms. The number of anilines is 1. The van der Waals surface area contributed by atoms with Crippen molar-refractivity contribution in [3.8, 4) is 6.07 Å². The van der Waals surface area contributed by atoms with Crippen molar-refractivity contribution in [1.29, 1.82) is 5.26 Å². The van der Waals surface area contributed by atoms with Crippen molar-refractivity contribution in [1.82, 2.24) is 9.55 Å². The largest absolute Gasteiger partial charge is 0.371 e. The fourth-order valence-electron chi connectivity index (χ4n) is 3.29. The Labute approximate surface area is 140 Å². The molecular weight excluding hydrogens is 306 g/mol. The second-order valence-electron chi connectivity index (χ2n) is 6.18. The summed E-state index contributed by atoms with van der Waals surface area (Å²) in [4.78, 5) is 17.1. The molecule has 1 aromatic heterocycles. The molecule has 1 atom stereocenters. The maximum absolute atomic E-state index is 11.0. The van der Waals surface area contributed by atoms with Crippen LogP contribution >= 0.6 is 0 Å². The summed E-state index contributed by atoms with van der Waals surface area (Å²) >= 11 is 0. The lowest BCUT2D eigenvalue weighted by molar-refractivity contribution is -0.385. The molecule has 0 saturated carbocycles. The van der Waals surface area contributed by atoms with Crippen molar-refractivity contribution in [3.05, 3.63) is 52.1 Å². The lowest BCUT2D eigenvalue weighted by Crippen LogP contribution is -2.36. The van der Waals surface area contributed by atoms with Crippen molar-refractivity contribution < 1.29 is 4.92 Å². The van der Waals surface area contributed by atoms with Crippen LogP contribution in [0.5, 0.6) is 0 Å². The minimum Gasteiger partial charge on any atom is -0.371 e. The molecule has 7 heteroatoms. The van der Waals surface area contributed by atoms with Crippen molar-refractivity contribution in [3.63, 3.8) is 0 Å². The van der Waals surface area contributed by atoms with E-state index in [4.69, 9.17) is 5.26 Å². The standard InChI is InChI=1S/C17H19N5O2/c1-20-8-6-19-17(20)9-13-3-2-7-21(12-13)15-4-5-16(22(23)24)14(10-15)11-18/h4-6,8,10,13H,2-3,7,9,12H2,1H3/t13-/m0/s1. The first-order valence-corrected chi connectivity index (χ1v) is 7.98. The van der Waals surface area contributed by atoms with Crippen LogP contribution in [-0.2, 0) is 13.5 Å². The number of nitro groups is 1. The Morgan fingerprint density at radius 1 is 1.50 bits per heavy atom. The number of piperidine rings is 1. The van der Waals surface area contributed by atoms with Crippen LogP contribution in [0.4, 0.5) is 11.4 Å². The molecule has 1 fully saturated rings. The number of rotatable bonds is 4. The molecule has 0 radical (unpaired) electrons. The molecule has 0 aliphatic carbocycles. The van der Waals surface area contributed by atoms with Crippen LogP contribution < -0.4 is 4.90 Å². The van der Waals surface area contributed by atoms with E-state index in [0.717, 1.165) is 43.9 Å². The third kappa shape index (κ3) is 3.23. The van der Waals surface area contributed by atoms with Gasteiger partial charge in [-0.1, -0.05) is 0 Å². The highest BCUT2D eigenvalue weighted by Crippen LogP contribution is 2.29. The van der Waals surface area contributed by atoms with Crippen LogP contribution in [-0.4, -0.2) is 27.6 Å². The molecule has 1 aliphatic rings. The Bertz CT molecular complexity index is 793. The lowest BCUT2D eigenvalue weighted by Gasteiger charge is -2.34. The zero-order chi connectivity index (χ0) is 17.1. The highest BCUT2D eigenvalue weighted by molar-refractivity contribution is 5.60. The SMILES string of the molecule is Cn1ccnc1C[C@@H]1CCCN(c2ccc([N+](=O)[O-])c(C#N)c2)C1. The predicted molar refractivity (Wildman–Crippen MR) is 89.7 cm³/mol. The maximum atomic E-state index is 11.0. The summed E-state index contributed by atoms with van der Waals surface area (Å²) in [5.74, 6) is 1.56. The van der Waals surface area contributed by atoms with E-state index in [-0.39, 0.29) is 11.3 Å². The molecule has 0 unspecified atom stereocenters. The lowest BCUT2D eigenvalue weighted by atomic mass is 9.94. The molecule has 0 bridgehead atoms. The summed E-state index contributed by atoms with van der Waals surface area (Å²) in [5.41, 5.74) is 0.855. The van der Waals surface area contributed by atoms with Gasteiger partial charge in [0.1, 0.15) is 17.5 Å². The molecule has 0 spiro atoms. The van der Waals surface area contributed by atoms with Crippen LogP contribution in [0.15, 0.2) is 30.6 Å². The molecule has 0 N–H and O–H groups in total. The van der Waals surface area contributed by atoms with Crippen molar-refractivity contribution in [2.75, 3.05) is 18.0 Å². The molecule has 3 rings (SSSR count). The Morgan fingerprint density at radius 2 is 2.33 bits per heavy atom. The van der Waals surface area contributed by atoms with Crippen LogP contribution in [0.2, 0.25) is 0 Å². The number of aryl methyl sites for hydroxylation is 1. The van der Waals surface area contributed by atoms with Crippen LogP contribution in [0.25, 0.3) is 0 Å². The highest BCUT2D eigenvalue weighted by Gasteiger charge is 2.23. The quantitative estimate of drug-likeness (QED) is 0.637. The summed E-state index contributed by atoms with van der Waals surface area (Å²) in [5, 5.41) is 20.1. The van der Waals surface area contributed by atoms with Crippen LogP contribution in [0.1, 0.15) is 24.2 Å². The zero-order valence-electron chi connectivity index (χ0n) is 13.6. The van der Waals surface area contributed by atoms with E-state index in [0.29, 0.717) is 5.92 Å². The molecule has 1 saturated heterocycles. The smallest absolute Gasteiger partial charge is 0.287 e. The van der Waals surface area contributed by atoms with Gasteiger partial charge in [0.25, 0.3) is 5.69 Å². The van der Waals surface area contributed by atoms with Gasteiger partial charge in [0, 0.05) is 50.7 Å². The number of imidazole rings is 1. The number of nitriles is 1. The Morgan fingerprint density at radius 3 is 3.00 bits per heavy atom.